The average Bonchev–Trinajstić information content (AvgIpc) is 2.84. The summed E-state index contributed by atoms with van der Waals surface area (Å²) in [5.41, 5.74) is 1.14. The Morgan fingerprint density at radius 2 is 1.68 bits per heavy atom. The Balaban J connectivity index is 1.60. The molecule has 1 heteroatoms. The van der Waals surface area contributed by atoms with E-state index in [4.69, 9.17) is 0 Å². The molecular formula is C21H34O. The van der Waals surface area contributed by atoms with Crippen LogP contribution in [0.4, 0.5) is 0 Å². The minimum atomic E-state index is 0.486. The van der Waals surface area contributed by atoms with Crippen molar-refractivity contribution < 1.29 is 4.79 Å². The lowest BCUT2D eigenvalue weighted by Crippen LogP contribution is -2.52. The van der Waals surface area contributed by atoms with Gasteiger partial charge in [0.05, 0.1) is 0 Å². The first kappa shape index (κ1) is 15.2. The van der Waals surface area contributed by atoms with Crippen molar-refractivity contribution in [1.29, 1.82) is 0 Å². The van der Waals surface area contributed by atoms with Crippen LogP contribution in [0.1, 0.15) is 84.5 Å². The standard InChI is InChI=1S/C21H34O/c1-20-12-4-3-5-15(20)6-8-17-18-9-7-16(11-14-22)21(18,2)13-10-19(17)20/h14-19H,3-13H2,1-2H3/t15-,16+,17-,18-,19-,20-,21+/m0/s1. The van der Waals surface area contributed by atoms with Gasteiger partial charge in [-0.1, -0.05) is 26.7 Å². The average molecular weight is 303 g/mol. The Morgan fingerprint density at radius 3 is 2.50 bits per heavy atom. The zero-order chi connectivity index (χ0) is 15.4. The van der Waals surface area contributed by atoms with Gasteiger partial charge in [-0.2, -0.15) is 0 Å². The lowest BCUT2D eigenvalue weighted by molar-refractivity contribution is -0.117. The second kappa shape index (κ2) is 5.35. The molecule has 0 N–H and O–H groups in total. The normalized spacial score (nSPS) is 54.2. The van der Waals surface area contributed by atoms with Gasteiger partial charge in [0.1, 0.15) is 6.29 Å². The Labute approximate surface area is 136 Å². The topological polar surface area (TPSA) is 17.1 Å². The molecule has 0 aromatic rings. The summed E-state index contributed by atoms with van der Waals surface area (Å²) in [6, 6.07) is 0. The molecule has 0 amide bonds. The van der Waals surface area contributed by atoms with Gasteiger partial charge in [-0.15, -0.1) is 0 Å². The van der Waals surface area contributed by atoms with Gasteiger partial charge in [-0.3, -0.25) is 0 Å². The molecule has 0 aromatic heterocycles. The summed E-state index contributed by atoms with van der Waals surface area (Å²) in [5.74, 6) is 4.62. The van der Waals surface area contributed by atoms with Crippen LogP contribution in [0.5, 0.6) is 0 Å². The van der Waals surface area contributed by atoms with Gasteiger partial charge in [-0.05, 0) is 91.8 Å². The molecule has 0 aromatic carbocycles. The van der Waals surface area contributed by atoms with Crippen molar-refractivity contribution in [2.75, 3.05) is 0 Å². The van der Waals surface area contributed by atoms with Crippen molar-refractivity contribution in [2.24, 2.45) is 40.4 Å². The Morgan fingerprint density at radius 1 is 0.864 bits per heavy atom. The minimum Gasteiger partial charge on any atom is -0.303 e. The number of hydrogen-bond donors (Lipinski definition) is 0. The summed E-state index contributed by atoms with van der Waals surface area (Å²) in [5, 5.41) is 0. The van der Waals surface area contributed by atoms with Crippen molar-refractivity contribution in [2.45, 2.75) is 84.5 Å². The van der Waals surface area contributed by atoms with E-state index >= 15 is 0 Å². The van der Waals surface area contributed by atoms with Crippen LogP contribution < -0.4 is 0 Å². The predicted molar refractivity (Wildman–Crippen MR) is 90.5 cm³/mol. The van der Waals surface area contributed by atoms with Crippen LogP contribution in [0, 0.1) is 40.4 Å². The number of fused-ring (bicyclic) bond motifs is 5. The zero-order valence-electron chi connectivity index (χ0n) is 14.7. The molecule has 0 spiro atoms. The number of carbonyl (C=O) groups is 1. The number of aldehydes is 1. The fourth-order valence-electron chi connectivity index (χ4n) is 7.91. The molecule has 4 saturated carbocycles. The summed E-state index contributed by atoms with van der Waals surface area (Å²) in [7, 11) is 0. The molecule has 124 valence electrons. The van der Waals surface area contributed by atoms with E-state index in [-0.39, 0.29) is 0 Å². The second-order valence-electron chi connectivity index (χ2n) is 9.62. The Hall–Kier alpha value is -0.330. The summed E-state index contributed by atoms with van der Waals surface area (Å²) in [4.78, 5) is 11.1. The molecule has 0 unspecified atom stereocenters. The maximum Gasteiger partial charge on any atom is 0.120 e. The lowest BCUT2D eigenvalue weighted by atomic mass is 9.45. The fraction of sp³-hybridized carbons (Fsp3) is 0.952. The van der Waals surface area contributed by atoms with E-state index in [2.05, 4.69) is 13.8 Å². The first-order valence-corrected chi connectivity index (χ1v) is 10.0. The lowest BCUT2D eigenvalue weighted by Gasteiger charge is -2.60. The van der Waals surface area contributed by atoms with Crippen LogP contribution in [0.3, 0.4) is 0 Å². The second-order valence-corrected chi connectivity index (χ2v) is 9.62. The highest BCUT2D eigenvalue weighted by molar-refractivity contribution is 5.50. The monoisotopic (exact) mass is 302 g/mol. The smallest absolute Gasteiger partial charge is 0.120 e. The quantitative estimate of drug-likeness (QED) is 0.605. The third-order valence-corrected chi connectivity index (χ3v) is 9.16. The molecule has 4 rings (SSSR count). The highest BCUT2D eigenvalue weighted by Gasteiger charge is 2.59. The van der Waals surface area contributed by atoms with Crippen LogP contribution in [-0.4, -0.2) is 6.29 Å². The molecule has 22 heavy (non-hydrogen) atoms. The van der Waals surface area contributed by atoms with Crippen LogP contribution in [0.25, 0.3) is 0 Å². The molecule has 4 fully saturated rings. The van der Waals surface area contributed by atoms with E-state index in [0.717, 1.165) is 30.1 Å². The molecule has 4 aliphatic carbocycles. The van der Waals surface area contributed by atoms with Crippen LogP contribution in [0.15, 0.2) is 0 Å². The molecule has 0 aliphatic heterocycles. The van der Waals surface area contributed by atoms with Crippen molar-refractivity contribution in [3.63, 3.8) is 0 Å². The van der Waals surface area contributed by atoms with Crippen molar-refractivity contribution >= 4 is 6.29 Å². The maximum absolute atomic E-state index is 11.1. The number of hydrogen-bond acceptors (Lipinski definition) is 1. The number of rotatable bonds is 2. The molecule has 0 bridgehead atoms. The largest absolute Gasteiger partial charge is 0.303 e. The van der Waals surface area contributed by atoms with E-state index in [1.807, 2.05) is 0 Å². The molecule has 0 radical (unpaired) electrons. The van der Waals surface area contributed by atoms with Gasteiger partial charge in [-0.25, -0.2) is 0 Å². The first-order valence-electron chi connectivity index (χ1n) is 10.0. The summed E-state index contributed by atoms with van der Waals surface area (Å²) in [6.07, 6.45) is 16.6. The number of carbonyl (C=O) groups excluding carboxylic acids is 1. The summed E-state index contributed by atoms with van der Waals surface area (Å²) >= 11 is 0. The summed E-state index contributed by atoms with van der Waals surface area (Å²) in [6.45, 7) is 5.21. The van der Waals surface area contributed by atoms with E-state index < -0.39 is 0 Å². The van der Waals surface area contributed by atoms with Gasteiger partial charge in [0.2, 0.25) is 0 Å². The molecule has 0 heterocycles. The molecule has 7 atom stereocenters. The third-order valence-electron chi connectivity index (χ3n) is 9.16. The van der Waals surface area contributed by atoms with E-state index in [1.165, 1.54) is 70.5 Å². The first-order chi connectivity index (χ1) is 10.6. The van der Waals surface area contributed by atoms with E-state index in [9.17, 15) is 4.79 Å². The Bertz CT molecular complexity index is 443. The van der Waals surface area contributed by atoms with Crippen LogP contribution in [-0.2, 0) is 4.79 Å². The van der Waals surface area contributed by atoms with Gasteiger partial charge < -0.3 is 4.79 Å². The zero-order valence-corrected chi connectivity index (χ0v) is 14.7. The Kier molecular flexibility index (Phi) is 3.70. The van der Waals surface area contributed by atoms with Crippen molar-refractivity contribution in [3.8, 4) is 0 Å². The minimum absolute atomic E-state index is 0.486. The van der Waals surface area contributed by atoms with Gasteiger partial charge in [0, 0.05) is 6.42 Å². The molecular weight excluding hydrogens is 268 g/mol. The van der Waals surface area contributed by atoms with E-state index in [0.29, 0.717) is 16.7 Å². The SMILES string of the molecule is C[C@]12CCCC[C@H]1CC[C@@H]1[C@@H]2CC[C@]2(C)[C@@H](CC=O)CC[C@@H]12. The highest BCUT2D eigenvalue weighted by Crippen LogP contribution is 2.67. The summed E-state index contributed by atoms with van der Waals surface area (Å²) < 4.78 is 0. The van der Waals surface area contributed by atoms with Crippen molar-refractivity contribution in [1.82, 2.24) is 0 Å². The van der Waals surface area contributed by atoms with Gasteiger partial charge in [0.15, 0.2) is 0 Å². The van der Waals surface area contributed by atoms with Gasteiger partial charge in [0.25, 0.3) is 0 Å². The molecule has 1 nitrogen and oxygen atoms in total. The predicted octanol–water partition coefficient (Wildman–Crippen LogP) is 5.62. The van der Waals surface area contributed by atoms with Crippen LogP contribution >= 0.6 is 0 Å². The highest BCUT2D eigenvalue weighted by atomic mass is 16.1. The third kappa shape index (κ3) is 1.99. The molecule has 0 saturated heterocycles. The fourth-order valence-corrected chi connectivity index (χ4v) is 7.91. The van der Waals surface area contributed by atoms with E-state index in [1.54, 1.807) is 0 Å². The maximum atomic E-state index is 11.1. The van der Waals surface area contributed by atoms with Crippen LogP contribution in [0.2, 0.25) is 0 Å². The van der Waals surface area contributed by atoms with Crippen molar-refractivity contribution in [3.05, 3.63) is 0 Å². The van der Waals surface area contributed by atoms with Gasteiger partial charge >= 0.3 is 0 Å². The molecule has 4 aliphatic rings.